The van der Waals surface area contributed by atoms with Gasteiger partial charge in [0, 0.05) is 51.4 Å². The van der Waals surface area contributed by atoms with Crippen molar-refractivity contribution >= 4 is 29.8 Å². The van der Waals surface area contributed by atoms with Crippen LogP contribution in [0, 0.1) is 41.4 Å². The average Bonchev–Trinajstić information content (AvgIpc) is 0.975. The second-order valence-corrected chi connectivity index (χ2v) is 38.2. The lowest BCUT2D eigenvalue weighted by molar-refractivity contribution is -0.145. The van der Waals surface area contributed by atoms with Crippen LogP contribution in [-0.2, 0) is 47.7 Å². The maximum atomic E-state index is 13.2. The molecule has 2 heterocycles. The summed E-state index contributed by atoms with van der Waals surface area (Å²) in [4.78, 5) is 69.1. The Balaban J connectivity index is 1.60. The van der Waals surface area contributed by atoms with Gasteiger partial charge in [-0.25, -0.2) is 0 Å². The molecule has 0 radical (unpaired) electrons. The van der Waals surface area contributed by atoms with Gasteiger partial charge in [-0.2, -0.15) is 0 Å². The van der Waals surface area contributed by atoms with Gasteiger partial charge < -0.3 is 29.0 Å². The summed E-state index contributed by atoms with van der Waals surface area (Å²) in [6.07, 6.45) is 84.5. The monoisotopic (exact) mass is 1660 g/mol. The van der Waals surface area contributed by atoms with Crippen LogP contribution in [0.1, 0.15) is 518 Å². The number of esters is 4. The van der Waals surface area contributed by atoms with E-state index in [1.807, 2.05) is 0 Å². The lowest BCUT2D eigenvalue weighted by Gasteiger charge is -2.30. The molecule has 6 unspecified atom stereocenters. The van der Waals surface area contributed by atoms with Crippen molar-refractivity contribution in [2.45, 2.75) is 524 Å². The van der Waals surface area contributed by atoms with Crippen LogP contribution in [0.4, 0.5) is 0 Å². The van der Waals surface area contributed by atoms with E-state index in [2.05, 4.69) is 70.5 Å². The van der Waals surface area contributed by atoms with Crippen molar-refractivity contribution < 1.29 is 47.7 Å². The van der Waals surface area contributed by atoms with E-state index in [0.29, 0.717) is 88.2 Å². The minimum atomic E-state index is -0.0186. The van der Waals surface area contributed by atoms with Crippen molar-refractivity contribution in [1.29, 1.82) is 0 Å². The molecule has 0 spiro atoms. The van der Waals surface area contributed by atoms with Crippen molar-refractivity contribution in [2.24, 2.45) is 41.4 Å². The van der Waals surface area contributed by atoms with E-state index in [-0.39, 0.29) is 35.8 Å². The summed E-state index contributed by atoms with van der Waals surface area (Å²) >= 11 is 0. The predicted molar refractivity (Wildman–Crippen MR) is 502 cm³/mol. The van der Waals surface area contributed by atoms with Gasteiger partial charge in [0.05, 0.1) is 46.2 Å². The molecular formula is C105H201N3O10. The van der Waals surface area contributed by atoms with E-state index < -0.39 is 0 Å². The van der Waals surface area contributed by atoms with Gasteiger partial charge in [-0.1, -0.05) is 396 Å². The number of morpholine rings is 1. The zero-order valence-electron chi connectivity index (χ0n) is 80.0. The topological polar surface area (TPSA) is 150 Å². The number of nitrogens with zero attached hydrogens (tertiary/aromatic N) is 2. The Morgan fingerprint density at radius 1 is 0.288 bits per heavy atom. The molecule has 1 N–H and O–H groups in total. The smallest absolute Gasteiger partial charge is 0.305 e. The van der Waals surface area contributed by atoms with E-state index in [9.17, 15) is 24.0 Å². The van der Waals surface area contributed by atoms with Gasteiger partial charge in [0.1, 0.15) is 0 Å². The summed E-state index contributed by atoms with van der Waals surface area (Å²) < 4.78 is 29.0. The molecule has 6 atom stereocenters. The fourth-order valence-corrected chi connectivity index (χ4v) is 19.2. The average molecular weight is 1670 g/mol. The second-order valence-electron chi connectivity index (χ2n) is 38.2. The number of carbonyl (C=O) groups is 5. The summed E-state index contributed by atoms with van der Waals surface area (Å²) in [5.41, 5.74) is 0. The van der Waals surface area contributed by atoms with Gasteiger partial charge in [-0.15, -0.1) is 0 Å². The number of ether oxygens (including phenoxy) is 5. The minimum absolute atomic E-state index is 0.00312. The fraction of sp³-hybridized carbons (Fsp3) is 0.952. The van der Waals surface area contributed by atoms with Gasteiger partial charge in [-0.05, 0) is 151 Å². The summed E-state index contributed by atoms with van der Waals surface area (Å²) in [5.74, 6) is 5.03. The molecule has 0 aromatic heterocycles. The van der Waals surface area contributed by atoms with Crippen molar-refractivity contribution in [3.8, 4) is 0 Å². The number of hydrogen-bond acceptors (Lipinski definition) is 12. The van der Waals surface area contributed by atoms with E-state index in [1.165, 1.54) is 334 Å². The number of likely N-dealkylation sites (tertiary alicyclic amines) is 1. The van der Waals surface area contributed by atoms with E-state index in [4.69, 9.17) is 23.7 Å². The summed E-state index contributed by atoms with van der Waals surface area (Å²) in [7, 11) is 0. The highest BCUT2D eigenvalue weighted by atomic mass is 16.5. The van der Waals surface area contributed by atoms with Gasteiger partial charge >= 0.3 is 23.9 Å². The molecule has 0 bridgehead atoms. The van der Waals surface area contributed by atoms with Gasteiger partial charge in [-0.3, -0.25) is 33.8 Å². The Morgan fingerprint density at radius 3 is 0.890 bits per heavy atom. The van der Waals surface area contributed by atoms with E-state index in [1.54, 1.807) is 0 Å². The van der Waals surface area contributed by atoms with Gasteiger partial charge in [0.2, 0.25) is 5.91 Å². The van der Waals surface area contributed by atoms with Crippen LogP contribution in [0.5, 0.6) is 0 Å². The Kier molecular flexibility index (Phi) is 79.0. The highest BCUT2D eigenvalue weighted by Gasteiger charge is 2.24. The van der Waals surface area contributed by atoms with Gasteiger partial charge in [0.25, 0.3) is 0 Å². The molecule has 1 amide bonds. The van der Waals surface area contributed by atoms with Crippen LogP contribution in [-0.4, -0.2) is 125 Å². The predicted octanol–water partition coefficient (Wildman–Crippen LogP) is 29.9. The molecule has 13 nitrogen and oxygen atoms in total. The third kappa shape index (κ3) is 69.5. The zero-order chi connectivity index (χ0) is 85.3. The lowest BCUT2D eigenvalue weighted by atomic mass is 9.80. The SMILES string of the molecule is CCCCCC(CCCCC)CCOC(=O)CCCCCCCCCC(CCCCCCCCCC(=O)OCCC(CCCCC)CCC(CC)C(C)CCCC(CCCCC)CCOC(=O)CCCCCCCCCC(CCCCCCCCCC(=O)OCCC(CCCCC)CCCCC)NC(=O)CN1CCCC1)CN1CCOCC1. The largest absolute Gasteiger partial charge is 0.466 e. The van der Waals surface area contributed by atoms with Crippen LogP contribution in [0.3, 0.4) is 0 Å². The molecule has 13 heteroatoms. The van der Waals surface area contributed by atoms with Crippen LogP contribution in [0.2, 0.25) is 0 Å². The molecule has 2 aliphatic heterocycles. The van der Waals surface area contributed by atoms with Crippen molar-refractivity contribution in [1.82, 2.24) is 15.1 Å². The Morgan fingerprint density at radius 2 is 0.568 bits per heavy atom. The molecule has 0 aromatic rings. The maximum Gasteiger partial charge on any atom is 0.305 e. The number of amides is 1. The quantitative estimate of drug-likeness (QED) is 0.0351. The van der Waals surface area contributed by atoms with Crippen molar-refractivity contribution in [2.75, 3.05) is 78.9 Å². The number of rotatable bonds is 90. The molecule has 2 fully saturated rings. The van der Waals surface area contributed by atoms with Crippen LogP contribution in [0.15, 0.2) is 0 Å². The summed E-state index contributed by atoms with van der Waals surface area (Å²) in [6.45, 7) is 28.6. The first kappa shape index (κ1) is 111. The van der Waals surface area contributed by atoms with Gasteiger partial charge in [0.15, 0.2) is 0 Å². The van der Waals surface area contributed by atoms with Crippen LogP contribution < -0.4 is 5.32 Å². The first-order valence-corrected chi connectivity index (χ1v) is 52.8. The highest BCUT2D eigenvalue weighted by molar-refractivity contribution is 5.78. The zero-order valence-corrected chi connectivity index (χ0v) is 80.0. The first-order valence-electron chi connectivity index (χ1n) is 52.8. The second kappa shape index (κ2) is 83.8. The van der Waals surface area contributed by atoms with E-state index >= 15 is 0 Å². The fourth-order valence-electron chi connectivity index (χ4n) is 19.2. The molecule has 118 heavy (non-hydrogen) atoms. The molecule has 0 saturated carbocycles. The molecular weight excluding hydrogens is 1460 g/mol. The third-order valence-corrected chi connectivity index (χ3v) is 27.4. The summed E-state index contributed by atoms with van der Waals surface area (Å²) in [6, 6.07) is 0.256. The number of nitrogens with one attached hydrogen (secondary N) is 1. The number of unbranched alkanes of at least 4 members (excludes halogenated alkanes) is 36. The first-order chi connectivity index (χ1) is 57.9. The molecule has 2 rings (SSSR count). The third-order valence-electron chi connectivity index (χ3n) is 27.4. The van der Waals surface area contributed by atoms with E-state index in [0.717, 1.165) is 160 Å². The summed E-state index contributed by atoms with van der Waals surface area (Å²) in [5, 5.41) is 3.46. The van der Waals surface area contributed by atoms with Crippen LogP contribution >= 0.6 is 0 Å². The molecule has 0 aromatic carbocycles. The maximum absolute atomic E-state index is 13.2. The Bertz CT molecular complexity index is 2190. The molecule has 2 aliphatic rings. The minimum Gasteiger partial charge on any atom is -0.466 e. The van der Waals surface area contributed by atoms with Crippen molar-refractivity contribution in [3.63, 3.8) is 0 Å². The number of carbonyl (C=O) groups excluding carboxylic acids is 5. The molecule has 0 aliphatic carbocycles. The molecule has 2 saturated heterocycles. The molecule has 696 valence electrons. The number of hydrogen-bond donors (Lipinski definition) is 1. The standard InChI is InChI=1S/C105H201N3O10/c1-9-16-42-60-94(61-43-17-10-2)77-85-115-102(110)71-52-38-30-22-26-34-48-66-98(91-108-83-89-114-90-84-108)67-49-35-27-23-31-39-53-74-105(113)118-88-80-97(65-47-21-14-6)75-76-99(15-7)93(8)59-58-68-96(64-46-20-13-5)79-87-117-104(112)73-55-41-33-25-29-37-51-70-100(106-101(109)92-107-81-56-57-82-107)69-50-36-28-24-32-40-54-72-103(111)116-86-78-95(62-44-18-11-3)63-45-19-12-4/h93-100H,9-92H2,1-8H3,(H,106,109). The van der Waals surface area contributed by atoms with Crippen molar-refractivity contribution in [3.05, 3.63) is 0 Å². The normalized spacial score (nSPS) is 15.1. The highest BCUT2D eigenvalue weighted by Crippen LogP contribution is 2.33. The Hall–Kier alpha value is -2.77. The lowest BCUT2D eigenvalue weighted by Crippen LogP contribution is -2.41. The Labute approximate surface area is 732 Å². The van der Waals surface area contributed by atoms with Crippen LogP contribution in [0.25, 0.3) is 0 Å².